The Labute approximate surface area is 170 Å². The zero-order valence-electron chi connectivity index (χ0n) is 14.8. The van der Waals surface area contributed by atoms with Crippen LogP contribution in [0.3, 0.4) is 0 Å². The molecular formula is C19H14Cl2N4O3. The van der Waals surface area contributed by atoms with Crippen molar-refractivity contribution in [1.82, 2.24) is 4.98 Å². The van der Waals surface area contributed by atoms with Crippen LogP contribution in [0.4, 0.5) is 16.2 Å². The average Bonchev–Trinajstić information content (AvgIpc) is 2.70. The summed E-state index contributed by atoms with van der Waals surface area (Å²) < 4.78 is 10.6. The summed E-state index contributed by atoms with van der Waals surface area (Å²) in [6, 6.07) is 9.56. The molecule has 0 saturated carbocycles. The van der Waals surface area contributed by atoms with E-state index in [0.717, 1.165) is 0 Å². The first-order valence-electron chi connectivity index (χ1n) is 7.95. The van der Waals surface area contributed by atoms with Crippen LogP contribution >= 0.6 is 23.2 Å². The summed E-state index contributed by atoms with van der Waals surface area (Å²) in [7, 11) is 3.00. The van der Waals surface area contributed by atoms with Gasteiger partial charge in [-0.2, -0.15) is 5.26 Å². The first-order valence-corrected chi connectivity index (χ1v) is 8.71. The lowest BCUT2D eigenvalue weighted by atomic mass is 10.1. The summed E-state index contributed by atoms with van der Waals surface area (Å²) in [4.78, 5) is 16.8. The predicted octanol–water partition coefficient (Wildman–Crippen LogP) is 5.07. The van der Waals surface area contributed by atoms with Gasteiger partial charge >= 0.3 is 6.03 Å². The van der Waals surface area contributed by atoms with E-state index in [4.69, 9.17) is 32.7 Å². The molecule has 0 aliphatic carbocycles. The van der Waals surface area contributed by atoms with Crippen LogP contribution < -0.4 is 20.1 Å². The standard InChI is InChI=1S/C19H14Cl2N4O3/c1-27-15-6-11-14(7-16(15)28-2)23-9-10(8-22)17(11)24-19(26)25-18-12(20)4-3-5-13(18)21/h3-7,9H,1-2H3,(H2,23,24,25,26). The van der Waals surface area contributed by atoms with E-state index in [0.29, 0.717) is 22.4 Å². The highest BCUT2D eigenvalue weighted by atomic mass is 35.5. The Hall–Kier alpha value is -3.21. The number of carbonyl (C=O) groups excluding carboxylic acids is 1. The van der Waals surface area contributed by atoms with E-state index < -0.39 is 6.03 Å². The number of amides is 2. The second kappa shape index (κ2) is 8.21. The maximum atomic E-state index is 12.6. The van der Waals surface area contributed by atoms with E-state index in [-0.39, 0.29) is 27.0 Å². The SMILES string of the molecule is COc1cc2ncc(C#N)c(NC(=O)Nc3c(Cl)cccc3Cl)c2cc1OC. The van der Waals surface area contributed by atoms with Gasteiger partial charge < -0.3 is 20.1 Å². The van der Waals surface area contributed by atoms with E-state index >= 15 is 0 Å². The number of nitriles is 1. The van der Waals surface area contributed by atoms with Crippen molar-refractivity contribution in [2.75, 3.05) is 24.9 Å². The van der Waals surface area contributed by atoms with E-state index in [2.05, 4.69) is 15.6 Å². The summed E-state index contributed by atoms with van der Waals surface area (Å²) >= 11 is 12.2. The third kappa shape index (κ3) is 3.74. The molecule has 2 amide bonds. The fourth-order valence-electron chi connectivity index (χ4n) is 2.61. The molecule has 2 aromatic carbocycles. The molecule has 0 saturated heterocycles. The maximum Gasteiger partial charge on any atom is 0.323 e. The molecule has 0 fully saturated rings. The number of fused-ring (bicyclic) bond motifs is 1. The van der Waals surface area contributed by atoms with Crippen molar-refractivity contribution >= 4 is 51.5 Å². The molecule has 1 heterocycles. The number of para-hydroxylation sites is 1. The van der Waals surface area contributed by atoms with E-state index in [1.807, 2.05) is 6.07 Å². The van der Waals surface area contributed by atoms with Gasteiger partial charge in [-0.25, -0.2) is 4.79 Å². The minimum Gasteiger partial charge on any atom is -0.493 e. The van der Waals surface area contributed by atoms with Crippen molar-refractivity contribution in [3.63, 3.8) is 0 Å². The molecule has 3 aromatic rings. The number of hydrogen-bond donors (Lipinski definition) is 2. The van der Waals surface area contributed by atoms with E-state index in [9.17, 15) is 10.1 Å². The Bertz CT molecular complexity index is 1090. The molecule has 0 aliphatic rings. The van der Waals surface area contributed by atoms with Gasteiger partial charge in [0.05, 0.1) is 46.7 Å². The molecule has 142 valence electrons. The highest BCUT2D eigenvalue weighted by Crippen LogP contribution is 2.36. The number of anilines is 2. The van der Waals surface area contributed by atoms with Crippen molar-refractivity contribution in [2.45, 2.75) is 0 Å². The molecule has 9 heteroatoms. The molecular weight excluding hydrogens is 403 g/mol. The van der Waals surface area contributed by atoms with E-state index in [1.165, 1.54) is 20.4 Å². The zero-order chi connectivity index (χ0) is 20.3. The van der Waals surface area contributed by atoms with Gasteiger partial charge in [0.2, 0.25) is 0 Å². The molecule has 0 radical (unpaired) electrons. The summed E-state index contributed by atoms with van der Waals surface area (Å²) in [6.45, 7) is 0. The van der Waals surface area contributed by atoms with Crippen molar-refractivity contribution in [2.24, 2.45) is 0 Å². The Kier molecular flexibility index (Phi) is 5.73. The van der Waals surface area contributed by atoms with Crippen molar-refractivity contribution in [3.8, 4) is 17.6 Å². The first kappa shape index (κ1) is 19.5. The average molecular weight is 417 g/mol. The van der Waals surface area contributed by atoms with Gasteiger partial charge in [0.25, 0.3) is 0 Å². The normalized spacial score (nSPS) is 10.2. The molecule has 1 aromatic heterocycles. The summed E-state index contributed by atoms with van der Waals surface area (Å²) in [5.41, 5.74) is 1.23. The third-order valence-corrected chi connectivity index (χ3v) is 4.56. The second-order valence-electron chi connectivity index (χ2n) is 5.56. The lowest BCUT2D eigenvalue weighted by molar-refractivity contribution is 0.262. The number of aromatic nitrogens is 1. The van der Waals surface area contributed by atoms with Gasteiger partial charge in [-0.15, -0.1) is 0 Å². The third-order valence-electron chi connectivity index (χ3n) is 3.93. The number of hydrogen-bond acceptors (Lipinski definition) is 5. The van der Waals surface area contributed by atoms with Crippen molar-refractivity contribution < 1.29 is 14.3 Å². The summed E-state index contributed by atoms with van der Waals surface area (Å²) in [6.07, 6.45) is 1.37. The molecule has 3 rings (SSSR count). The number of nitrogens with zero attached hydrogens (tertiary/aromatic N) is 2. The molecule has 7 nitrogen and oxygen atoms in total. The first-order chi connectivity index (χ1) is 13.5. The molecule has 28 heavy (non-hydrogen) atoms. The Morgan fingerprint density at radius 3 is 2.29 bits per heavy atom. The van der Waals surface area contributed by atoms with Gasteiger partial charge in [0, 0.05) is 17.6 Å². The Morgan fingerprint density at radius 2 is 1.68 bits per heavy atom. The minimum absolute atomic E-state index is 0.181. The number of halogens is 2. The van der Waals surface area contributed by atoms with Gasteiger partial charge in [-0.05, 0) is 18.2 Å². The highest BCUT2D eigenvalue weighted by molar-refractivity contribution is 6.39. The number of ether oxygens (including phenoxy) is 2. The number of carbonyl (C=O) groups is 1. The van der Waals surface area contributed by atoms with Crippen molar-refractivity contribution in [1.29, 1.82) is 5.26 Å². The molecule has 0 spiro atoms. The van der Waals surface area contributed by atoms with Crippen LogP contribution in [0.25, 0.3) is 10.9 Å². The number of pyridine rings is 1. The number of benzene rings is 2. The van der Waals surface area contributed by atoms with E-state index in [1.54, 1.807) is 30.3 Å². The largest absolute Gasteiger partial charge is 0.493 e. The predicted molar refractivity (Wildman–Crippen MR) is 109 cm³/mol. The highest BCUT2D eigenvalue weighted by Gasteiger charge is 2.17. The minimum atomic E-state index is -0.617. The monoisotopic (exact) mass is 416 g/mol. The summed E-state index contributed by atoms with van der Waals surface area (Å²) in [5, 5.41) is 15.8. The zero-order valence-corrected chi connectivity index (χ0v) is 16.4. The lowest BCUT2D eigenvalue weighted by Crippen LogP contribution is -2.21. The maximum absolute atomic E-state index is 12.6. The molecule has 0 aliphatic heterocycles. The lowest BCUT2D eigenvalue weighted by Gasteiger charge is -2.15. The van der Waals surface area contributed by atoms with Crippen molar-refractivity contribution in [3.05, 3.63) is 52.1 Å². The Morgan fingerprint density at radius 1 is 1.07 bits per heavy atom. The molecule has 0 bridgehead atoms. The van der Waals surface area contributed by atoms with Crippen LogP contribution in [0.1, 0.15) is 5.56 Å². The molecule has 2 N–H and O–H groups in total. The van der Waals surface area contributed by atoms with Crippen LogP contribution in [0.5, 0.6) is 11.5 Å². The molecule has 0 atom stereocenters. The number of urea groups is 1. The summed E-state index contributed by atoms with van der Waals surface area (Å²) in [5.74, 6) is 0.912. The van der Waals surface area contributed by atoms with Crippen LogP contribution in [-0.4, -0.2) is 25.2 Å². The van der Waals surface area contributed by atoms with Gasteiger partial charge in [0.1, 0.15) is 6.07 Å². The van der Waals surface area contributed by atoms with Gasteiger partial charge in [-0.1, -0.05) is 29.3 Å². The van der Waals surface area contributed by atoms with Gasteiger partial charge in [-0.3, -0.25) is 4.98 Å². The fraction of sp³-hybridized carbons (Fsp3) is 0.105. The van der Waals surface area contributed by atoms with Crippen LogP contribution in [0, 0.1) is 11.3 Å². The topological polar surface area (TPSA) is 96.3 Å². The number of methoxy groups -OCH3 is 2. The van der Waals surface area contributed by atoms with Crippen LogP contribution in [0.15, 0.2) is 36.5 Å². The van der Waals surface area contributed by atoms with Crippen LogP contribution in [-0.2, 0) is 0 Å². The number of rotatable bonds is 4. The van der Waals surface area contributed by atoms with Crippen LogP contribution in [0.2, 0.25) is 10.0 Å². The second-order valence-corrected chi connectivity index (χ2v) is 6.37. The fourth-order valence-corrected chi connectivity index (χ4v) is 3.11. The Balaban J connectivity index is 2.03. The van der Waals surface area contributed by atoms with Gasteiger partial charge in [0.15, 0.2) is 11.5 Å². The smallest absolute Gasteiger partial charge is 0.323 e. The quantitative estimate of drug-likeness (QED) is 0.618. The number of nitrogens with one attached hydrogen (secondary N) is 2. The molecule has 0 unspecified atom stereocenters.